The molecule has 2 rings (SSSR count). The van der Waals surface area contributed by atoms with Crippen molar-refractivity contribution in [1.29, 1.82) is 0 Å². The molecule has 0 bridgehead atoms. The Kier molecular flexibility index (Phi) is 2.40. The minimum atomic E-state index is -1.04. The summed E-state index contributed by atoms with van der Waals surface area (Å²) in [5.74, 6) is -0.522. The lowest BCUT2D eigenvalue weighted by Crippen LogP contribution is -2.11. The van der Waals surface area contributed by atoms with Crippen LogP contribution in [-0.2, 0) is 0 Å². The van der Waals surface area contributed by atoms with Gasteiger partial charge in [0.2, 0.25) is 5.88 Å². The van der Waals surface area contributed by atoms with Gasteiger partial charge in [-0.3, -0.25) is 0 Å². The van der Waals surface area contributed by atoms with Crippen molar-refractivity contribution in [2.24, 2.45) is 0 Å². The molecule has 15 heavy (non-hydrogen) atoms. The molecule has 1 aliphatic rings. The van der Waals surface area contributed by atoms with E-state index in [0.717, 1.165) is 12.8 Å². The Balaban J connectivity index is 2.29. The molecule has 0 saturated heterocycles. The fourth-order valence-corrected chi connectivity index (χ4v) is 1.16. The van der Waals surface area contributed by atoms with Crippen LogP contribution in [0.3, 0.4) is 0 Å². The molecule has 6 heteroatoms. The number of methoxy groups -OCH3 is 1. The largest absolute Gasteiger partial charge is 0.480 e. The number of nitrogens with zero attached hydrogens (tertiary/aromatic N) is 2. The maximum absolute atomic E-state index is 10.9. The summed E-state index contributed by atoms with van der Waals surface area (Å²) in [6.07, 6.45) is 2.10. The average Bonchev–Trinajstić information content (AvgIpc) is 3.02. The summed E-state index contributed by atoms with van der Waals surface area (Å²) >= 11 is 0. The molecular weight excluding hydrogens is 198 g/mol. The quantitative estimate of drug-likeness (QED) is 0.761. The first-order valence-electron chi connectivity index (χ1n) is 4.62. The van der Waals surface area contributed by atoms with Crippen LogP contribution in [0.5, 0.6) is 5.88 Å². The standard InChI is InChI=1S/C9H11N3O3/c1-15-7-4-6(9(13)14)8(12-11-7)10-5-2-3-5/h4-5H,2-3H2,1H3,(H,10,12)(H,13,14). The number of nitrogens with one attached hydrogen (secondary N) is 1. The highest BCUT2D eigenvalue weighted by Gasteiger charge is 2.24. The topological polar surface area (TPSA) is 84.3 Å². The molecule has 0 aromatic carbocycles. The van der Waals surface area contributed by atoms with Gasteiger partial charge in [-0.25, -0.2) is 4.79 Å². The van der Waals surface area contributed by atoms with Crippen molar-refractivity contribution in [1.82, 2.24) is 10.2 Å². The number of aromatic nitrogens is 2. The van der Waals surface area contributed by atoms with Gasteiger partial charge in [0.25, 0.3) is 0 Å². The normalized spacial score (nSPS) is 14.7. The summed E-state index contributed by atoms with van der Waals surface area (Å²) in [6, 6.07) is 1.70. The number of carboxylic acids is 1. The Morgan fingerprint density at radius 3 is 2.87 bits per heavy atom. The maximum Gasteiger partial charge on any atom is 0.339 e. The van der Waals surface area contributed by atoms with Crippen LogP contribution in [0.25, 0.3) is 0 Å². The molecule has 1 aromatic rings. The molecule has 0 unspecified atom stereocenters. The SMILES string of the molecule is COc1cc(C(=O)O)c(NC2CC2)nn1. The first kappa shape index (κ1) is 9.70. The second kappa shape index (κ2) is 3.72. The molecule has 1 saturated carbocycles. The fraction of sp³-hybridized carbons (Fsp3) is 0.444. The Bertz CT molecular complexity index is 390. The first-order chi connectivity index (χ1) is 7.20. The van der Waals surface area contributed by atoms with Crippen LogP contribution in [0.2, 0.25) is 0 Å². The summed E-state index contributed by atoms with van der Waals surface area (Å²) in [4.78, 5) is 10.9. The van der Waals surface area contributed by atoms with Crippen molar-refractivity contribution >= 4 is 11.8 Å². The number of carbonyl (C=O) groups is 1. The molecule has 1 heterocycles. The molecule has 2 N–H and O–H groups in total. The fourth-order valence-electron chi connectivity index (χ4n) is 1.16. The number of hydrogen-bond acceptors (Lipinski definition) is 5. The highest BCUT2D eigenvalue weighted by Crippen LogP contribution is 2.26. The molecule has 1 fully saturated rings. The van der Waals surface area contributed by atoms with E-state index < -0.39 is 5.97 Å². The third-order valence-corrected chi connectivity index (χ3v) is 2.13. The van der Waals surface area contributed by atoms with E-state index in [1.54, 1.807) is 0 Å². The van der Waals surface area contributed by atoms with Crippen molar-refractivity contribution in [3.8, 4) is 5.88 Å². The van der Waals surface area contributed by atoms with Crippen molar-refractivity contribution in [3.05, 3.63) is 11.6 Å². The van der Waals surface area contributed by atoms with Crippen LogP contribution >= 0.6 is 0 Å². The lowest BCUT2D eigenvalue weighted by molar-refractivity contribution is 0.0697. The molecule has 80 valence electrons. The Hall–Kier alpha value is -1.85. The molecule has 6 nitrogen and oxygen atoms in total. The minimum absolute atomic E-state index is 0.0914. The zero-order chi connectivity index (χ0) is 10.8. The number of carboxylic acid groups (broad SMARTS) is 1. The van der Waals surface area contributed by atoms with Crippen molar-refractivity contribution in [3.63, 3.8) is 0 Å². The van der Waals surface area contributed by atoms with Crippen molar-refractivity contribution in [2.75, 3.05) is 12.4 Å². The average molecular weight is 209 g/mol. The third-order valence-electron chi connectivity index (χ3n) is 2.13. The zero-order valence-electron chi connectivity index (χ0n) is 8.23. The summed E-state index contributed by atoms with van der Waals surface area (Å²) in [5, 5.41) is 19.5. The second-order valence-electron chi connectivity index (χ2n) is 3.37. The number of ether oxygens (including phenoxy) is 1. The van der Waals surface area contributed by atoms with Gasteiger partial charge in [-0.1, -0.05) is 0 Å². The lowest BCUT2D eigenvalue weighted by Gasteiger charge is -2.07. The summed E-state index contributed by atoms with van der Waals surface area (Å²) in [5.41, 5.74) is 0.0914. The number of hydrogen-bond donors (Lipinski definition) is 2. The molecule has 0 amide bonds. The van der Waals surface area contributed by atoms with E-state index in [2.05, 4.69) is 15.5 Å². The van der Waals surface area contributed by atoms with Gasteiger partial charge in [-0.05, 0) is 12.8 Å². The van der Waals surface area contributed by atoms with Gasteiger partial charge < -0.3 is 15.2 Å². The van der Waals surface area contributed by atoms with Gasteiger partial charge >= 0.3 is 5.97 Å². The van der Waals surface area contributed by atoms with Crippen molar-refractivity contribution in [2.45, 2.75) is 18.9 Å². The van der Waals surface area contributed by atoms with Crippen LogP contribution in [0.4, 0.5) is 5.82 Å². The third kappa shape index (κ3) is 2.15. The van der Waals surface area contributed by atoms with Gasteiger partial charge in [-0.15, -0.1) is 10.2 Å². The molecule has 0 spiro atoms. The Morgan fingerprint density at radius 1 is 1.60 bits per heavy atom. The van der Waals surface area contributed by atoms with E-state index >= 15 is 0 Å². The molecule has 0 aliphatic heterocycles. The maximum atomic E-state index is 10.9. The van der Waals surface area contributed by atoms with Gasteiger partial charge in [0, 0.05) is 12.1 Å². The molecule has 0 atom stereocenters. The molecular formula is C9H11N3O3. The predicted molar refractivity (Wildman–Crippen MR) is 52.2 cm³/mol. The highest BCUT2D eigenvalue weighted by molar-refractivity contribution is 5.93. The van der Waals surface area contributed by atoms with E-state index in [-0.39, 0.29) is 11.4 Å². The lowest BCUT2D eigenvalue weighted by atomic mass is 10.3. The molecule has 0 radical (unpaired) electrons. The predicted octanol–water partition coefficient (Wildman–Crippen LogP) is 0.758. The van der Waals surface area contributed by atoms with Gasteiger partial charge in [0.05, 0.1) is 7.11 Å². The van der Waals surface area contributed by atoms with Gasteiger partial charge in [0.15, 0.2) is 5.82 Å². The minimum Gasteiger partial charge on any atom is -0.480 e. The van der Waals surface area contributed by atoms with Crippen LogP contribution < -0.4 is 10.1 Å². The summed E-state index contributed by atoms with van der Waals surface area (Å²) < 4.78 is 4.82. The Morgan fingerprint density at radius 2 is 2.33 bits per heavy atom. The summed E-state index contributed by atoms with van der Waals surface area (Å²) in [6.45, 7) is 0. The van der Waals surface area contributed by atoms with E-state index in [9.17, 15) is 4.79 Å². The first-order valence-corrected chi connectivity index (χ1v) is 4.62. The number of aromatic carboxylic acids is 1. The smallest absolute Gasteiger partial charge is 0.339 e. The van der Waals surface area contributed by atoms with Crippen LogP contribution in [0.15, 0.2) is 6.07 Å². The number of anilines is 1. The summed E-state index contributed by atoms with van der Waals surface area (Å²) in [7, 11) is 1.42. The van der Waals surface area contributed by atoms with E-state index in [4.69, 9.17) is 9.84 Å². The van der Waals surface area contributed by atoms with E-state index in [1.165, 1.54) is 13.2 Å². The Labute approximate surface area is 86.3 Å². The second-order valence-corrected chi connectivity index (χ2v) is 3.37. The molecule has 1 aliphatic carbocycles. The zero-order valence-corrected chi connectivity index (χ0v) is 8.23. The monoisotopic (exact) mass is 209 g/mol. The van der Waals surface area contributed by atoms with Crippen molar-refractivity contribution < 1.29 is 14.6 Å². The van der Waals surface area contributed by atoms with Crippen LogP contribution in [-0.4, -0.2) is 34.4 Å². The van der Waals surface area contributed by atoms with Crippen LogP contribution in [0, 0.1) is 0 Å². The van der Waals surface area contributed by atoms with Crippen LogP contribution in [0.1, 0.15) is 23.2 Å². The molecule has 1 aromatic heterocycles. The highest BCUT2D eigenvalue weighted by atomic mass is 16.5. The van der Waals surface area contributed by atoms with Gasteiger partial charge in [0.1, 0.15) is 5.56 Å². The van der Waals surface area contributed by atoms with E-state index in [0.29, 0.717) is 11.9 Å². The van der Waals surface area contributed by atoms with Gasteiger partial charge in [-0.2, -0.15) is 0 Å². The van der Waals surface area contributed by atoms with E-state index in [1.807, 2.05) is 0 Å². The number of rotatable bonds is 4.